The van der Waals surface area contributed by atoms with Crippen LogP contribution in [-0.2, 0) is 18.5 Å². The van der Waals surface area contributed by atoms with E-state index in [9.17, 15) is 14.7 Å². The smallest absolute Gasteiger partial charge is 0.438 e. The number of H-pyrrole nitrogens is 1. The first-order chi connectivity index (χ1) is 32.5. The highest BCUT2D eigenvalue weighted by atomic mass is 19.1. The molecule has 1 atom stereocenters. The number of halogens is 1. The lowest BCUT2D eigenvalue weighted by Gasteiger charge is -2.34. The van der Waals surface area contributed by atoms with Crippen molar-refractivity contribution in [2.45, 2.75) is 84.5 Å². The number of aliphatic hydroxyl groups is 1. The quantitative estimate of drug-likeness (QED) is 0.145. The number of rotatable bonds is 10. The Kier molecular flexibility index (Phi) is 9.65. The number of aromatic nitrogens is 10. The van der Waals surface area contributed by atoms with Gasteiger partial charge >= 0.3 is 11.4 Å². The zero-order valence-corrected chi connectivity index (χ0v) is 38.5. The molecule has 1 saturated carbocycles. The molecule has 11 rings (SSSR count). The van der Waals surface area contributed by atoms with Gasteiger partial charge in [-0.1, -0.05) is 11.2 Å². The third-order valence-electron chi connectivity index (χ3n) is 13.5. The van der Waals surface area contributed by atoms with E-state index in [4.69, 9.17) is 14.4 Å². The van der Waals surface area contributed by atoms with E-state index < -0.39 is 28.6 Å². The van der Waals surface area contributed by atoms with E-state index in [2.05, 4.69) is 20.2 Å². The van der Waals surface area contributed by atoms with Gasteiger partial charge in [-0.15, -0.1) is 0 Å². The zero-order chi connectivity index (χ0) is 47.6. The van der Waals surface area contributed by atoms with Crippen molar-refractivity contribution in [3.8, 4) is 34.2 Å². The lowest BCUT2D eigenvalue weighted by atomic mass is 9.98. The van der Waals surface area contributed by atoms with Gasteiger partial charge in [-0.2, -0.15) is 10.2 Å². The number of nitrogens with zero attached hydrogens (tertiary/aromatic N) is 10. The molecule has 1 fully saturated rings. The van der Waals surface area contributed by atoms with E-state index >= 15 is 9.18 Å². The molecule has 0 saturated heterocycles. The van der Waals surface area contributed by atoms with Gasteiger partial charge in [-0.05, 0) is 131 Å². The molecule has 68 heavy (non-hydrogen) atoms. The monoisotopic (exact) mass is 917 g/mol. The number of carbonyl (C=O) groups is 1. The lowest BCUT2D eigenvalue weighted by Crippen LogP contribution is -2.41. The SMILES string of the molecule is COc1nccc(-c2ccc3c(c2)cc(C(=O)N2CCc4nn(-c5cc(C)c(F)c(C)c5)c(-n5ccn(-c6ccc7c(cnn7CC(C)(C)O)c6)c5=O)c4[C@@H]2C)n3C2(c3noc(=O)[nH]3)CC2)c1C. The molecule has 18 heteroatoms. The molecule has 0 radical (unpaired) electrons. The molecular weight excluding hydrogens is 870 g/mol. The molecule has 1 amide bonds. The van der Waals surface area contributed by atoms with Crippen molar-refractivity contribution in [3.63, 3.8) is 0 Å². The van der Waals surface area contributed by atoms with Gasteiger partial charge in [0, 0.05) is 59.0 Å². The fraction of sp³-hybridized carbons (Fsp3) is 0.300. The van der Waals surface area contributed by atoms with Crippen LogP contribution in [0.15, 0.2) is 99.6 Å². The topological polar surface area (TPSA) is 189 Å². The van der Waals surface area contributed by atoms with E-state index in [1.165, 1.54) is 9.13 Å². The summed E-state index contributed by atoms with van der Waals surface area (Å²) in [5.74, 6) is -0.0113. The average molecular weight is 918 g/mol. The van der Waals surface area contributed by atoms with Crippen LogP contribution in [0.4, 0.5) is 4.39 Å². The number of hydrogen-bond acceptors (Lipinski definition) is 10. The molecule has 0 unspecified atom stereocenters. The Morgan fingerprint density at radius 2 is 1.72 bits per heavy atom. The molecule has 7 heterocycles. The summed E-state index contributed by atoms with van der Waals surface area (Å²) in [7, 11) is 1.58. The molecule has 346 valence electrons. The number of hydrogen-bond donors (Lipinski definition) is 2. The van der Waals surface area contributed by atoms with Crippen LogP contribution < -0.4 is 16.2 Å². The number of aromatic amines is 1. The highest BCUT2D eigenvalue weighted by Gasteiger charge is 2.52. The maximum Gasteiger partial charge on any atom is 0.438 e. The summed E-state index contributed by atoms with van der Waals surface area (Å²) in [6.07, 6.45) is 8.34. The van der Waals surface area contributed by atoms with Crippen molar-refractivity contribution in [2.24, 2.45) is 0 Å². The summed E-state index contributed by atoms with van der Waals surface area (Å²) in [5.41, 5.74) is 5.82. The zero-order valence-electron chi connectivity index (χ0n) is 38.5. The molecule has 1 aliphatic carbocycles. The van der Waals surface area contributed by atoms with E-state index in [-0.39, 0.29) is 18.3 Å². The van der Waals surface area contributed by atoms with Crippen LogP contribution in [0, 0.1) is 26.6 Å². The summed E-state index contributed by atoms with van der Waals surface area (Å²) in [6, 6.07) is 18.2. The highest BCUT2D eigenvalue weighted by molar-refractivity contribution is 6.00. The summed E-state index contributed by atoms with van der Waals surface area (Å²) < 4.78 is 34.2. The van der Waals surface area contributed by atoms with E-state index in [1.54, 1.807) is 86.0 Å². The molecule has 3 aromatic carbocycles. The van der Waals surface area contributed by atoms with Gasteiger partial charge in [0.2, 0.25) is 5.88 Å². The molecule has 17 nitrogen and oxygen atoms in total. The van der Waals surface area contributed by atoms with Gasteiger partial charge < -0.3 is 19.3 Å². The van der Waals surface area contributed by atoms with Gasteiger partial charge in [0.05, 0.1) is 54.1 Å². The number of carbonyl (C=O) groups excluding carboxylic acids is 1. The van der Waals surface area contributed by atoms with Crippen molar-refractivity contribution in [2.75, 3.05) is 13.7 Å². The van der Waals surface area contributed by atoms with Gasteiger partial charge in [0.1, 0.15) is 22.9 Å². The molecule has 2 N–H and O–H groups in total. The Morgan fingerprint density at radius 3 is 2.43 bits per heavy atom. The lowest BCUT2D eigenvalue weighted by molar-refractivity contribution is 0.0590. The second-order valence-electron chi connectivity index (χ2n) is 18.7. The van der Waals surface area contributed by atoms with Crippen molar-refractivity contribution >= 4 is 27.7 Å². The molecule has 2 aliphatic rings. The van der Waals surface area contributed by atoms with Crippen LogP contribution in [0.3, 0.4) is 0 Å². The molecule has 9 aromatic rings. The van der Waals surface area contributed by atoms with Crippen LogP contribution in [0.5, 0.6) is 5.88 Å². The Labute approximate surface area is 387 Å². The first kappa shape index (κ1) is 42.8. The van der Waals surface area contributed by atoms with Gasteiger partial charge in [-0.3, -0.25) is 28.1 Å². The van der Waals surface area contributed by atoms with Crippen molar-refractivity contribution in [1.29, 1.82) is 0 Å². The number of fused-ring (bicyclic) bond motifs is 3. The maximum atomic E-state index is 15.5. The Hall–Kier alpha value is -7.86. The Balaban J connectivity index is 1.04. The van der Waals surface area contributed by atoms with E-state index in [0.29, 0.717) is 82.8 Å². The highest BCUT2D eigenvalue weighted by Crippen LogP contribution is 2.51. The molecule has 1 aliphatic heterocycles. The predicted octanol–water partition coefficient (Wildman–Crippen LogP) is 7.00. The fourth-order valence-corrected chi connectivity index (χ4v) is 10.1. The predicted molar refractivity (Wildman–Crippen MR) is 251 cm³/mol. The summed E-state index contributed by atoms with van der Waals surface area (Å²) in [4.78, 5) is 51.6. The Bertz CT molecular complexity index is 3620. The second kappa shape index (κ2) is 15.3. The number of benzene rings is 3. The third-order valence-corrected chi connectivity index (χ3v) is 13.5. The average Bonchev–Trinajstić information content (AvgIpc) is 3.77. The van der Waals surface area contributed by atoms with Crippen molar-refractivity contribution in [3.05, 3.63) is 152 Å². The number of pyridine rings is 1. The first-order valence-corrected chi connectivity index (χ1v) is 22.5. The minimum Gasteiger partial charge on any atom is -0.481 e. The van der Waals surface area contributed by atoms with Crippen LogP contribution >= 0.6 is 0 Å². The number of methoxy groups -OCH3 is 1. The molecular formula is C50H48FN11O6. The summed E-state index contributed by atoms with van der Waals surface area (Å²) >= 11 is 0. The van der Waals surface area contributed by atoms with Crippen molar-refractivity contribution < 1.29 is 23.6 Å². The fourth-order valence-electron chi connectivity index (χ4n) is 10.1. The minimum atomic E-state index is -0.983. The standard InChI is InChI=1S/C50H48FN11O6/c1-27-20-35(21-28(2)42(27)51)62-44(59-19-18-58(48(59)65)34-9-11-38-33(23-34)25-53-60(38)26-49(5,6)66)41-30(4)57(17-13-37(41)55-62)45(63)40-24-32-22-31(36-12-16-52-43(67-7)29(36)3)8-10-39(32)61(40)50(14-15-50)46-54-47(64)68-56-46/h8-12,16,18-25,30,66H,13-15,17,26H2,1-7H3,(H,54,56,64)/t30-/m0/s1. The van der Waals surface area contributed by atoms with E-state index in [0.717, 1.165) is 38.5 Å². The number of amides is 1. The first-order valence-electron chi connectivity index (χ1n) is 22.5. The van der Waals surface area contributed by atoms with Gasteiger partial charge in [-0.25, -0.2) is 23.6 Å². The molecule has 6 aromatic heterocycles. The normalized spacial score (nSPS) is 15.7. The number of imidazole rings is 1. The molecule has 0 spiro atoms. The number of nitrogens with one attached hydrogen (secondary N) is 1. The minimum absolute atomic E-state index is 0.268. The van der Waals surface area contributed by atoms with Gasteiger partial charge in [0.25, 0.3) is 5.91 Å². The summed E-state index contributed by atoms with van der Waals surface area (Å²) in [6.45, 7) is 11.3. The van der Waals surface area contributed by atoms with Crippen molar-refractivity contribution in [1.82, 2.24) is 53.3 Å². The van der Waals surface area contributed by atoms with Crippen LogP contribution in [0.25, 0.3) is 50.1 Å². The Morgan fingerprint density at radius 1 is 0.971 bits per heavy atom. The summed E-state index contributed by atoms with van der Waals surface area (Å²) in [5, 5.41) is 25.8. The van der Waals surface area contributed by atoms with Crippen LogP contribution in [-0.4, -0.2) is 83.6 Å². The number of aryl methyl sites for hydroxylation is 2. The molecule has 0 bridgehead atoms. The largest absolute Gasteiger partial charge is 0.481 e. The van der Waals surface area contributed by atoms with Crippen LogP contribution in [0.2, 0.25) is 0 Å². The number of ether oxygens (including phenoxy) is 1. The van der Waals surface area contributed by atoms with Gasteiger partial charge in [0.15, 0.2) is 5.82 Å². The van der Waals surface area contributed by atoms with Crippen LogP contribution in [0.1, 0.15) is 83.9 Å². The maximum absolute atomic E-state index is 15.5. The van der Waals surface area contributed by atoms with E-state index in [1.807, 2.05) is 66.9 Å². The second-order valence-corrected chi connectivity index (χ2v) is 18.7. The third kappa shape index (κ3) is 6.71.